The zero-order valence-electron chi connectivity index (χ0n) is 9.47. The maximum atomic E-state index is 11.0. The molecule has 18 heavy (non-hydrogen) atoms. The van der Waals surface area contributed by atoms with Gasteiger partial charge in [-0.3, -0.25) is 0 Å². The molecule has 0 amide bonds. The van der Waals surface area contributed by atoms with Crippen molar-refractivity contribution in [2.45, 2.75) is 6.92 Å². The van der Waals surface area contributed by atoms with Gasteiger partial charge in [-0.25, -0.2) is 14.8 Å². The van der Waals surface area contributed by atoms with E-state index in [0.717, 1.165) is 0 Å². The van der Waals surface area contributed by atoms with Crippen LogP contribution < -0.4 is 0 Å². The number of carboxylic acids is 1. The number of fused-ring (bicyclic) bond motifs is 1. The van der Waals surface area contributed by atoms with Crippen molar-refractivity contribution < 1.29 is 14.3 Å². The fourth-order valence-corrected chi connectivity index (χ4v) is 1.90. The number of carbonyl (C=O) groups is 1. The number of aryl methyl sites for hydroxylation is 1. The van der Waals surface area contributed by atoms with Crippen LogP contribution in [-0.2, 0) is 0 Å². The normalized spacial score (nSPS) is 10.9. The van der Waals surface area contributed by atoms with Crippen molar-refractivity contribution in [3.63, 3.8) is 0 Å². The summed E-state index contributed by atoms with van der Waals surface area (Å²) in [6.45, 7) is 1.75. The molecule has 0 saturated carbocycles. The van der Waals surface area contributed by atoms with Gasteiger partial charge in [0.1, 0.15) is 5.65 Å². The third-order valence-corrected chi connectivity index (χ3v) is 2.68. The highest BCUT2D eigenvalue weighted by molar-refractivity contribution is 6.03. The van der Waals surface area contributed by atoms with Crippen LogP contribution in [0.1, 0.15) is 16.1 Å². The van der Waals surface area contributed by atoms with Crippen LogP contribution in [0.4, 0.5) is 0 Å². The Morgan fingerprint density at radius 1 is 1.44 bits per heavy atom. The molecule has 90 valence electrons. The highest BCUT2D eigenvalue weighted by Gasteiger charge is 2.16. The molecule has 0 unspecified atom stereocenters. The second kappa shape index (κ2) is 3.69. The van der Waals surface area contributed by atoms with Crippen LogP contribution >= 0.6 is 0 Å². The van der Waals surface area contributed by atoms with Crippen LogP contribution in [-0.4, -0.2) is 26.0 Å². The molecule has 3 aromatic heterocycles. The molecule has 3 heterocycles. The molecule has 0 saturated heterocycles. The lowest BCUT2D eigenvalue weighted by Crippen LogP contribution is -1.98. The molecule has 0 aliphatic carbocycles. The molecule has 0 radical (unpaired) electrons. The van der Waals surface area contributed by atoms with Gasteiger partial charge in [-0.05, 0) is 19.1 Å². The fraction of sp³-hybridized carbons (Fsp3) is 0.0833. The maximum Gasteiger partial charge on any atom is 0.338 e. The van der Waals surface area contributed by atoms with E-state index in [1.165, 1.54) is 12.5 Å². The fourth-order valence-electron chi connectivity index (χ4n) is 1.90. The Kier molecular flexibility index (Phi) is 2.16. The quantitative estimate of drug-likeness (QED) is 0.720. The Morgan fingerprint density at radius 3 is 2.94 bits per heavy atom. The molecule has 0 atom stereocenters. The zero-order valence-corrected chi connectivity index (χ0v) is 9.47. The van der Waals surface area contributed by atoms with Gasteiger partial charge < -0.3 is 14.5 Å². The monoisotopic (exact) mass is 243 g/mol. The first-order valence-corrected chi connectivity index (χ1v) is 5.29. The van der Waals surface area contributed by atoms with Gasteiger partial charge in [0.05, 0.1) is 22.9 Å². The zero-order chi connectivity index (χ0) is 12.7. The summed E-state index contributed by atoms with van der Waals surface area (Å²) in [5, 5.41) is 9.58. The van der Waals surface area contributed by atoms with Gasteiger partial charge in [-0.15, -0.1) is 0 Å². The van der Waals surface area contributed by atoms with E-state index in [0.29, 0.717) is 28.3 Å². The number of furan rings is 1. The summed E-state index contributed by atoms with van der Waals surface area (Å²) in [4.78, 5) is 22.4. The van der Waals surface area contributed by atoms with Gasteiger partial charge in [0, 0.05) is 6.20 Å². The van der Waals surface area contributed by atoms with E-state index >= 15 is 0 Å². The second-order valence-electron chi connectivity index (χ2n) is 3.84. The van der Waals surface area contributed by atoms with E-state index in [1.807, 2.05) is 0 Å². The first-order valence-electron chi connectivity index (χ1n) is 5.29. The Bertz CT molecular complexity index is 728. The highest BCUT2D eigenvalue weighted by Crippen LogP contribution is 2.23. The Labute approximate surface area is 101 Å². The van der Waals surface area contributed by atoms with Crippen molar-refractivity contribution >= 4 is 17.0 Å². The van der Waals surface area contributed by atoms with E-state index in [1.54, 1.807) is 19.1 Å². The summed E-state index contributed by atoms with van der Waals surface area (Å²) in [6.07, 6.45) is 2.95. The number of aromatic carboxylic acids is 1. The smallest absolute Gasteiger partial charge is 0.338 e. The third kappa shape index (κ3) is 1.46. The van der Waals surface area contributed by atoms with E-state index in [4.69, 9.17) is 9.52 Å². The minimum atomic E-state index is -1.00. The summed E-state index contributed by atoms with van der Waals surface area (Å²) >= 11 is 0. The molecule has 0 fully saturated rings. The Hall–Kier alpha value is -2.63. The molecular weight excluding hydrogens is 234 g/mol. The van der Waals surface area contributed by atoms with Crippen LogP contribution in [0.15, 0.2) is 29.0 Å². The average Bonchev–Trinajstić information content (AvgIpc) is 2.97. The molecule has 0 aliphatic rings. The average molecular weight is 243 g/mol. The minimum Gasteiger partial charge on any atom is -0.478 e. The van der Waals surface area contributed by atoms with Crippen molar-refractivity contribution in [2.24, 2.45) is 0 Å². The molecule has 2 N–H and O–H groups in total. The molecule has 0 aromatic carbocycles. The highest BCUT2D eigenvalue weighted by atomic mass is 16.4. The van der Waals surface area contributed by atoms with Gasteiger partial charge >= 0.3 is 5.97 Å². The summed E-state index contributed by atoms with van der Waals surface area (Å²) in [5.74, 6) is -0.0195. The molecule has 6 nitrogen and oxygen atoms in total. The second-order valence-corrected chi connectivity index (χ2v) is 3.84. The molecule has 3 aromatic rings. The largest absolute Gasteiger partial charge is 0.478 e. The predicted octanol–water partition coefficient (Wildman–Crippen LogP) is 2.22. The van der Waals surface area contributed by atoms with E-state index in [9.17, 15) is 4.79 Å². The Morgan fingerprint density at radius 2 is 2.28 bits per heavy atom. The number of hydrogen-bond donors (Lipinski definition) is 2. The van der Waals surface area contributed by atoms with Crippen molar-refractivity contribution in [3.05, 3.63) is 35.9 Å². The van der Waals surface area contributed by atoms with Gasteiger partial charge in [-0.1, -0.05) is 0 Å². The predicted molar refractivity (Wildman–Crippen MR) is 63.3 cm³/mol. The number of hydrogen-bond acceptors (Lipinski definition) is 4. The van der Waals surface area contributed by atoms with Gasteiger partial charge in [0.25, 0.3) is 0 Å². The lowest BCUT2D eigenvalue weighted by atomic mass is 10.2. The maximum absolute atomic E-state index is 11.0. The Balaban J connectivity index is 2.27. The molecule has 0 spiro atoms. The van der Waals surface area contributed by atoms with Crippen molar-refractivity contribution in [1.82, 2.24) is 15.0 Å². The third-order valence-electron chi connectivity index (χ3n) is 2.68. The standard InChI is InChI=1S/C12H9N3O3/c1-6-9-7(12(16)17)5-13-11(9)15-10(14-6)8-3-2-4-18-8/h2-5H,1H3,(H,16,17)(H,13,14,15). The molecular formula is C12H9N3O3. The first-order chi connectivity index (χ1) is 8.66. The first kappa shape index (κ1) is 10.5. The van der Waals surface area contributed by atoms with E-state index in [2.05, 4.69) is 15.0 Å². The van der Waals surface area contributed by atoms with Gasteiger partial charge in [0.2, 0.25) is 0 Å². The van der Waals surface area contributed by atoms with Crippen LogP contribution in [0, 0.1) is 6.92 Å². The number of H-pyrrole nitrogens is 1. The van der Waals surface area contributed by atoms with Crippen molar-refractivity contribution in [2.75, 3.05) is 0 Å². The summed E-state index contributed by atoms with van der Waals surface area (Å²) in [5.41, 5.74) is 1.27. The lowest BCUT2D eigenvalue weighted by molar-refractivity contribution is 0.0699. The van der Waals surface area contributed by atoms with Crippen LogP contribution in [0.25, 0.3) is 22.6 Å². The molecule has 3 rings (SSSR count). The SMILES string of the molecule is Cc1nc(-c2ccco2)nc2[nH]cc(C(=O)O)c12. The van der Waals surface area contributed by atoms with Gasteiger partial charge in [-0.2, -0.15) is 0 Å². The number of aromatic nitrogens is 3. The van der Waals surface area contributed by atoms with Crippen LogP contribution in [0.3, 0.4) is 0 Å². The number of rotatable bonds is 2. The summed E-state index contributed by atoms with van der Waals surface area (Å²) in [7, 11) is 0. The molecule has 0 bridgehead atoms. The van der Waals surface area contributed by atoms with Crippen molar-refractivity contribution in [1.29, 1.82) is 0 Å². The number of nitrogens with one attached hydrogen (secondary N) is 1. The number of nitrogens with zero attached hydrogens (tertiary/aromatic N) is 2. The molecule has 6 heteroatoms. The minimum absolute atomic E-state index is 0.175. The topological polar surface area (TPSA) is 92.0 Å². The number of carboxylic acid groups (broad SMARTS) is 1. The molecule has 0 aliphatic heterocycles. The van der Waals surface area contributed by atoms with Gasteiger partial charge in [0.15, 0.2) is 11.6 Å². The van der Waals surface area contributed by atoms with Crippen molar-refractivity contribution in [3.8, 4) is 11.6 Å². The lowest BCUT2D eigenvalue weighted by Gasteiger charge is -2.00. The van der Waals surface area contributed by atoms with Crippen LogP contribution in [0.2, 0.25) is 0 Å². The van der Waals surface area contributed by atoms with Crippen LogP contribution in [0.5, 0.6) is 0 Å². The summed E-state index contributed by atoms with van der Waals surface area (Å²) < 4.78 is 5.22. The van der Waals surface area contributed by atoms with E-state index < -0.39 is 5.97 Å². The van der Waals surface area contributed by atoms with E-state index in [-0.39, 0.29) is 5.56 Å². The number of aromatic amines is 1. The summed E-state index contributed by atoms with van der Waals surface area (Å²) in [6, 6.07) is 3.50.